The molecule has 0 unspecified atom stereocenters. The highest BCUT2D eigenvalue weighted by molar-refractivity contribution is 9.10. The molecule has 1 aliphatic heterocycles. The number of ether oxygens (including phenoxy) is 1. The third-order valence-electron chi connectivity index (χ3n) is 3.77. The Morgan fingerprint density at radius 3 is 2.48 bits per heavy atom. The smallest absolute Gasteiger partial charge is 0.335 e. The number of rotatable bonds is 3. The first kappa shape index (κ1) is 18.6. The van der Waals surface area contributed by atoms with Crippen molar-refractivity contribution in [3.63, 3.8) is 0 Å². The third-order valence-corrected chi connectivity index (χ3v) is 4.37. The first-order valence-corrected chi connectivity index (χ1v) is 8.34. The molecule has 3 rings (SSSR count). The van der Waals surface area contributed by atoms with Gasteiger partial charge in [0.25, 0.3) is 11.8 Å². The number of anilines is 1. The fourth-order valence-electron chi connectivity index (χ4n) is 2.48. The zero-order valence-electron chi connectivity index (χ0n) is 13.8. The van der Waals surface area contributed by atoms with Crippen molar-refractivity contribution in [2.75, 3.05) is 12.0 Å². The minimum Gasteiger partial charge on any atom is -0.503 e. The Bertz CT molecular complexity index is 988. The number of aromatic hydroxyl groups is 1. The SMILES string of the molecule is COc1cc(C=C2C(=O)NC(=O)N(c3ccc(F)cc3)C2=O)cc(Br)c1O. The van der Waals surface area contributed by atoms with E-state index in [1.165, 1.54) is 37.5 Å². The Kier molecular flexibility index (Phi) is 4.95. The minimum atomic E-state index is -0.932. The van der Waals surface area contributed by atoms with Crippen LogP contribution in [0.2, 0.25) is 0 Å². The van der Waals surface area contributed by atoms with Gasteiger partial charge in [-0.2, -0.15) is 0 Å². The molecule has 138 valence electrons. The molecule has 2 aromatic rings. The molecule has 4 amide bonds. The van der Waals surface area contributed by atoms with Crippen LogP contribution in [0.3, 0.4) is 0 Å². The molecule has 2 N–H and O–H groups in total. The van der Waals surface area contributed by atoms with Crippen molar-refractivity contribution in [3.8, 4) is 11.5 Å². The van der Waals surface area contributed by atoms with Gasteiger partial charge in [0.15, 0.2) is 11.5 Å². The molecular formula is C18H12BrFN2O5. The van der Waals surface area contributed by atoms with Gasteiger partial charge in [-0.3, -0.25) is 14.9 Å². The summed E-state index contributed by atoms with van der Waals surface area (Å²) >= 11 is 3.15. The standard InChI is InChI=1S/C18H12BrFN2O5/c1-27-14-8-9(7-13(19)15(14)23)6-12-16(24)21-18(26)22(17(12)25)11-4-2-10(20)3-5-11/h2-8,23H,1H3,(H,21,24,26). The van der Waals surface area contributed by atoms with Crippen molar-refractivity contribution in [3.05, 3.63) is 57.8 Å². The molecule has 7 nitrogen and oxygen atoms in total. The fourth-order valence-corrected chi connectivity index (χ4v) is 2.94. The molecule has 0 spiro atoms. The van der Waals surface area contributed by atoms with Crippen LogP contribution in [-0.2, 0) is 9.59 Å². The highest BCUT2D eigenvalue weighted by Gasteiger charge is 2.36. The lowest BCUT2D eigenvalue weighted by Gasteiger charge is -2.26. The number of methoxy groups -OCH3 is 1. The van der Waals surface area contributed by atoms with E-state index in [9.17, 15) is 23.9 Å². The summed E-state index contributed by atoms with van der Waals surface area (Å²) in [4.78, 5) is 37.7. The maximum absolute atomic E-state index is 13.1. The number of urea groups is 1. The highest BCUT2D eigenvalue weighted by Crippen LogP contribution is 2.36. The van der Waals surface area contributed by atoms with Crippen molar-refractivity contribution in [2.45, 2.75) is 0 Å². The topological polar surface area (TPSA) is 95.9 Å². The number of amides is 4. The first-order valence-electron chi connectivity index (χ1n) is 7.55. The van der Waals surface area contributed by atoms with E-state index in [0.717, 1.165) is 17.0 Å². The van der Waals surface area contributed by atoms with Gasteiger partial charge in [-0.05, 0) is 64.0 Å². The van der Waals surface area contributed by atoms with Gasteiger partial charge in [-0.25, -0.2) is 14.1 Å². The molecule has 0 atom stereocenters. The molecule has 0 aliphatic carbocycles. The quantitative estimate of drug-likeness (QED) is 0.571. The molecule has 1 aliphatic rings. The minimum absolute atomic E-state index is 0.113. The Labute approximate surface area is 161 Å². The molecule has 0 radical (unpaired) electrons. The van der Waals surface area contributed by atoms with Crippen molar-refractivity contribution < 1.29 is 28.6 Å². The number of barbiturate groups is 1. The van der Waals surface area contributed by atoms with E-state index >= 15 is 0 Å². The molecule has 0 bridgehead atoms. The van der Waals surface area contributed by atoms with Crippen LogP contribution in [0.4, 0.5) is 14.9 Å². The summed E-state index contributed by atoms with van der Waals surface area (Å²) in [5, 5.41) is 11.9. The summed E-state index contributed by atoms with van der Waals surface area (Å²) < 4.78 is 18.4. The van der Waals surface area contributed by atoms with Gasteiger partial charge in [0.1, 0.15) is 11.4 Å². The van der Waals surface area contributed by atoms with Crippen LogP contribution in [-0.4, -0.2) is 30.1 Å². The number of carbonyl (C=O) groups is 3. The number of imide groups is 2. The predicted molar refractivity (Wildman–Crippen MR) is 97.8 cm³/mol. The van der Waals surface area contributed by atoms with Crippen LogP contribution in [0.15, 0.2) is 46.4 Å². The molecule has 27 heavy (non-hydrogen) atoms. The zero-order chi connectivity index (χ0) is 19.7. The largest absolute Gasteiger partial charge is 0.503 e. The number of phenols is 1. The molecule has 0 saturated carbocycles. The molecule has 0 aromatic heterocycles. The predicted octanol–water partition coefficient (Wildman–Crippen LogP) is 2.97. The number of phenolic OH excluding ortho intramolecular Hbond substituents is 1. The van der Waals surface area contributed by atoms with Crippen molar-refractivity contribution >= 4 is 45.5 Å². The Morgan fingerprint density at radius 1 is 1.19 bits per heavy atom. The second-order valence-corrected chi connectivity index (χ2v) is 6.34. The van der Waals surface area contributed by atoms with Crippen molar-refractivity contribution in [1.82, 2.24) is 5.32 Å². The van der Waals surface area contributed by atoms with E-state index in [0.29, 0.717) is 10.0 Å². The van der Waals surface area contributed by atoms with E-state index in [1.54, 1.807) is 0 Å². The van der Waals surface area contributed by atoms with Crippen LogP contribution in [0.5, 0.6) is 11.5 Å². The number of carbonyl (C=O) groups excluding carboxylic acids is 3. The van der Waals surface area contributed by atoms with E-state index in [1.807, 2.05) is 0 Å². The number of nitrogens with one attached hydrogen (secondary N) is 1. The maximum atomic E-state index is 13.1. The van der Waals surface area contributed by atoms with Gasteiger partial charge < -0.3 is 9.84 Å². The number of hydrogen-bond acceptors (Lipinski definition) is 5. The summed E-state index contributed by atoms with van der Waals surface area (Å²) in [6.07, 6.45) is 1.26. The fraction of sp³-hybridized carbons (Fsp3) is 0.0556. The van der Waals surface area contributed by atoms with Crippen LogP contribution < -0.4 is 15.0 Å². The van der Waals surface area contributed by atoms with Crippen LogP contribution >= 0.6 is 15.9 Å². The van der Waals surface area contributed by atoms with Gasteiger partial charge in [-0.15, -0.1) is 0 Å². The lowest BCUT2D eigenvalue weighted by atomic mass is 10.1. The number of halogens is 2. The van der Waals surface area contributed by atoms with Gasteiger partial charge in [0.05, 0.1) is 17.3 Å². The zero-order valence-corrected chi connectivity index (χ0v) is 15.4. The van der Waals surface area contributed by atoms with E-state index in [2.05, 4.69) is 21.2 Å². The Morgan fingerprint density at radius 2 is 1.85 bits per heavy atom. The monoisotopic (exact) mass is 434 g/mol. The van der Waals surface area contributed by atoms with E-state index in [-0.39, 0.29) is 22.8 Å². The highest BCUT2D eigenvalue weighted by atomic mass is 79.9. The van der Waals surface area contributed by atoms with Crippen LogP contribution in [0.1, 0.15) is 5.56 Å². The first-order chi connectivity index (χ1) is 12.8. The normalized spacial score (nSPS) is 15.9. The number of nitrogens with zero attached hydrogens (tertiary/aromatic N) is 1. The van der Waals surface area contributed by atoms with Crippen molar-refractivity contribution in [2.24, 2.45) is 0 Å². The van der Waals surface area contributed by atoms with E-state index < -0.39 is 23.7 Å². The summed E-state index contributed by atoms with van der Waals surface area (Å²) in [5.74, 6) is -2.27. The average Bonchev–Trinajstić information content (AvgIpc) is 2.62. The lowest BCUT2D eigenvalue weighted by Crippen LogP contribution is -2.54. The van der Waals surface area contributed by atoms with E-state index in [4.69, 9.17) is 4.74 Å². The second-order valence-electron chi connectivity index (χ2n) is 5.49. The summed E-state index contributed by atoms with van der Waals surface area (Å²) in [6.45, 7) is 0. The molecule has 2 aromatic carbocycles. The second kappa shape index (κ2) is 7.20. The van der Waals surface area contributed by atoms with Crippen LogP contribution in [0.25, 0.3) is 6.08 Å². The average molecular weight is 435 g/mol. The van der Waals surface area contributed by atoms with Crippen molar-refractivity contribution in [1.29, 1.82) is 0 Å². The Hall–Kier alpha value is -3.20. The summed E-state index contributed by atoms with van der Waals surface area (Å²) in [7, 11) is 1.35. The number of benzene rings is 2. The van der Waals surface area contributed by atoms with Gasteiger partial charge in [-0.1, -0.05) is 0 Å². The lowest BCUT2D eigenvalue weighted by molar-refractivity contribution is -0.122. The molecular weight excluding hydrogens is 423 g/mol. The summed E-state index contributed by atoms with van der Waals surface area (Å²) in [5.41, 5.74) is 0.184. The molecule has 1 saturated heterocycles. The summed E-state index contributed by atoms with van der Waals surface area (Å²) in [6, 6.07) is 6.66. The molecule has 9 heteroatoms. The number of hydrogen-bond donors (Lipinski definition) is 2. The molecule has 1 heterocycles. The van der Waals surface area contributed by atoms with Gasteiger partial charge >= 0.3 is 6.03 Å². The van der Waals surface area contributed by atoms with Gasteiger partial charge in [0.2, 0.25) is 0 Å². The van der Waals surface area contributed by atoms with Gasteiger partial charge in [0, 0.05) is 0 Å². The Balaban J connectivity index is 2.04. The third kappa shape index (κ3) is 3.54. The van der Waals surface area contributed by atoms with Crippen LogP contribution in [0, 0.1) is 5.82 Å². The maximum Gasteiger partial charge on any atom is 0.335 e. The molecule has 1 fully saturated rings.